The van der Waals surface area contributed by atoms with Crippen LogP contribution in [0, 0.1) is 0 Å². The van der Waals surface area contributed by atoms with E-state index in [4.69, 9.17) is 9.47 Å². The first-order chi connectivity index (χ1) is 57.4. The Morgan fingerprint density at radius 3 is 1.24 bits per heavy atom. The summed E-state index contributed by atoms with van der Waals surface area (Å²) in [5.41, 5.74) is 21.5. The SMILES string of the molecule is CCn1nc(S(=O)(=O)NC(=O)Nc2c3c(cc4c2CCO4)CCC3)cc1CN(C)C.CCn1nc(S(=O)(=O)NC(=O)Nc2c3c(cc4c2OCC4)CCC3)cc1CN(C)C.CN1CCC(n2ccc(S(=O)(=O)NC(=O)Nc3c4c(cc5c3CCC5)CCC4)n2)C1.CNCc1cc(S(=O)(=O)NC(=O)Nc2c3c(cc4c2CCC4)CCC3)nn1C1CC1. The largest absolute Gasteiger partial charge is 0.493 e. The molecular weight excluding hydrogens is 1620 g/mol. The Morgan fingerprint density at radius 2 is 0.825 bits per heavy atom. The van der Waals surface area contributed by atoms with Gasteiger partial charge < -0.3 is 50.8 Å². The number of likely N-dealkylation sites (N-methyl/N-ethyl adjacent to an activating group) is 1. The average Bonchev–Trinajstić information content (AvgIpc) is 1.61. The van der Waals surface area contributed by atoms with Crippen LogP contribution in [0.15, 0.2) is 74.8 Å². The lowest BCUT2D eigenvalue weighted by atomic mass is 9.99. The minimum absolute atomic E-state index is 0.113. The summed E-state index contributed by atoms with van der Waals surface area (Å²) >= 11 is 0. The number of hydrogen-bond acceptors (Lipinski definition) is 22. The van der Waals surface area contributed by atoms with Crippen LogP contribution in [0.2, 0.25) is 0 Å². The average molecular weight is 1730 g/mol. The number of rotatable bonds is 22. The van der Waals surface area contributed by atoms with Crippen molar-refractivity contribution in [2.45, 2.75) is 226 Å². The van der Waals surface area contributed by atoms with E-state index >= 15 is 0 Å². The summed E-state index contributed by atoms with van der Waals surface area (Å²) in [5.74, 6) is 1.44. The summed E-state index contributed by atoms with van der Waals surface area (Å²) < 4.78 is 129. The molecule has 8 aromatic rings. The van der Waals surface area contributed by atoms with Gasteiger partial charge in [-0.15, -0.1) is 0 Å². The van der Waals surface area contributed by atoms with E-state index in [0.29, 0.717) is 69.5 Å². The molecule has 1 saturated heterocycles. The third-order valence-corrected chi connectivity index (χ3v) is 28.5. The number of nitrogens with one attached hydrogen (secondary N) is 9. The number of sulfonamides is 4. The van der Waals surface area contributed by atoms with Gasteiger partial charge in [-0.2, -0.15) is 54.1 Å². The second-order valence-electron chi connectivity index (χ2n) is 32.9. The maximum Gasteiger partial charge on any atom is 0.333 e. The van der Waals surface area contributed by atoms with Gasteiger partial charge in [0.25, 0.3) is 40.1 Å². The Bertz CT molecular complexity index is 5510. The van der Waals surface area contributed by atoms with E-state index in [2.05, 4.69) is 89.0 Å². The molecule has 0 bridgehead atoms. The molecule has 1 saturated carbocycles. The van der Waals surface area contributed by atoms with Crippen LogP contribution in [0.4, 0.5) is 41.9 Å². The predicted octanol–water partition coefficient (Wildman–Crippen LogP) is 8.47. The molecule has 8 amide bonds. The third kappa shape index (κ3) is 18.6. The number of hydrogen-bond donors (Lipinski definition) is 9. The van der Waals surface area contributed by atoms with Crippen molar-refractivity contribution >= 4 is 87.0 Å². The molecule has 7 heterocycles. The summed E-state index contributed by atoms with van der Waals surface area (Å²) in [4.78, 5) is 56.7. The van der Waals surface area contributed by atoms with E-state index in [9.17, 15) is 52.8 Å². The Balaban J connectivity index is 0.000000125. The second kappa shape index (κ2) is 35.2. The number of amides is 8. The van der Waals surface area contributed by atoms with Gasteiger partial charge in [-0.3, -0.25) is 18.7 Å². The van der Waals surface area contributed by atoms with Gasteiger partial charge in [-0.1, -0.05) is 18.2 Å². The molecular formula is C82H108N20O14S4. The lowest BCUT2D eigenvalue weighted by Crippen LogP contribution is -2.35. The molecule has 18 rings (SSSR count). The molecule has 2 fully saturated rings. The van der Waals surface area contributed by atoms with Crippen LogP contribution in [0.25, 0.3) is 0 Å². The van der Waals surface area contributed by atoms with Crippen molar-refractivity contribution in [1.29, 1.82) is 0 Å². The monoisotopic (exact) mass is 1720 g/mol. The lowest BCUT2D eigenvalue weighted by Gasteiger charge is -2.16. The van der Waals surface area contributed by atoms with Crippen molar-refractivity contribution in [2.24, 2.45) is 0 Å². The number of anilines is 4. The molecule has 9 N–H and O–H groups in total. The van der Waals surface area contributed by atoms with Crippen LogP contribution < -0.4 is 54.9 Å². The van der Waals surface area contributed by atoms with Gasteiger partial charge in [0.05, 0.1) is 53.8 Å². The summed E-state index contributed by atoms with van der Waals surface area (Å²) in [6, 6.07) is 12.1. The van der Waals surface area contributed by atoms with Crippen LogP contribution in [0.1, 0.15) is 179 Å². The Kier molecular flexibility index (Phi) is 25.0. The smallest absolute Gasteiger partial charge is 0.333 e. The van der Waals surface area contributed by atoms with Crippen molar-refractivity contribution in [1.82, 2.24) is 78.0 Å². The number of aromatic nitrogens is 8. The number of benzene rings is 4. The Morgan fingerprint density at radius 1 is 0.433 bits per heavy atom. The first-order valence-electron chi connectivity index (χ1n) is 41.6. The van der Waals surface area contributed by atoms with E-state index in [1.807, 2.05) is 65.0 Å². The lowest BCUT2D eigenvalue weighted by molar-refractivity contribution is 0.255. The molecule has 4 aromatic carbocycles. The molecule has 10 aliphatic rings. The Labute approximate surface area is 700 Å². The molecule has 644 valence electrons. The highest BCUT2D eigenvalue weighted by atomic mass is 32.2. The van der Waals surface area contributed by atoms with Gasteiger partial charge in [0, 0.05) is 93.4 Å². The quantitative estimate of drug-likeness (QED) is 0.0307. The number of fused-ring (bicyclic) bond motifs is 8. The molecule has 120 heavy (non-hydrogen) atoms. The van der Waals surface area contributed by atoms with E-state index < -0.39 is 64.2 Å². The highest BCUT2D eigenvalue weighted by Crippen LogP contribution is 2.45. The molecule has 7 aliphatic carbocycles. The maximum atomic E-state index is 12.8. The number of urea groups is 4. The topological polar surface area (TPSA) is 413 Å². The highest BCUT2D eigenvalue weighted by Gasteiger charge is 2.36. The van der Waals surface area contributed by atoms with E-state index in [0.717, 1.165) is 239 Å². The number of carbonyl (C=O) groups excluding carboxylic acids is 4. The molecule has 0 radical (unpaired) electrons. The first-order valence-corrected chi connectivity index (χ1v) is 47.5. The second-order valence-corrected chi connectivity index (χ2v) is 39.4. The predicted molar refractivity (Wildman–Crippen MR) is 451 cm³/mol. The molecule has 0 spiro atoms. The van der Waals surface area contributed by atoms with Crippen molar-refractivity contribution in [3.05, 3.63) is 150 Å². The normalized spacial score (nSPS) is 17.2. The van der Waals surface area contributed by atoms with Gasteiger partial charge in [-0.25, -0.2) is 38.1 Å². The van der Waals surface area contributed by atoms with Gasteiger partial charge >= 0.3 is 24.1 Å². The van der Waals surface area contributed by atoms with Gasteiger partial charge in [0.2, 0.25) is 0 Å². The van der Waals surface area contributed by atoms with E-state index in [-0.39, 0.29) is 32.2 Å². The number of ether oxygens (including phenoxy) is 2. The van der Waals surface area contributed by atoms with Gasteiger partial charge in [0.1, 0.15) is 11.5 Å². The molecule has 1 unspecified atom stereocenters. The molecule has 1 atom stereocenters. The van der Waals surface area contributed by atoms with Gasteiger partial charge in [0.15, 0.2) is 20.1 Å². The zero-order chi connectivity index (χ0) is 84.7. The molecule has 4 aromatic heterocycles. The Hall–Kier alpha value is -9.96. The fourth-order valence-electron chi connectivity index (χ4n) is 18.1. The summed E-state index contributed by atoms with van der Waals surface area (Å²) in [5, 5.41) is 30.6. The number of likely N-dealkylation sites (tertiary alicyclic amines) is 1. The minimum atomic E-state index is -4.11. The fourth-order valence-corrected chi connectivity index (χ4v) is 21.6. The van der Waals surface area contributed by atoms with E-state index in [1.165, 1.54) is 46.0 Å². The van der Waals surface area contributed by atoms with Crippen LogP contribution in [-0.2, 0) is 163 Å². The van der Waals surface area contributed by atoms with Crippen molar-refractivity contribution in [3.8, 4) is 11.5 Å². The third-order valence-electron chi connectivity index (χ3n) is 23.6. The number of carbonyl (C=O) groups is 4. The van der Waals surface area contributed by atoms with E-state index in [1.54, 1.807) is 38.0 Å². The fraction of sp³-hybridized carbons (Fsp3) is 0.512. The zero-order valence-corrected chi connectivity index (χ0v) is 72.5. The first kappa shape index (κ1) is 85.0. The van der Waals surface area contributed by atoms with Crippen molar-refractivity contribution in [3.63, 3.8) is 0 Å². The minimum Gasteiger partial charge on any atom is -0.493 e. The highest BCUT2D eigenvalue weighted by molar-refractivity contribution is 7.90. The van der Waals surface area contributed by atoms with Crippen LogP contribution in [0.5, 0.6) is 11.5 Å². The molecule has 3 aliphatic heterocycles. The van der Waals surface area contributed by atoms with Crippen molar-refractivity contribution in [2.75, 3.05) is 89.9 Å². The number of aryl methyl sites for hydroxylation is 8. The van der Waals surface area contributed by atoms with Crippen LogP contribution >= 0.6 is 0 Å². The van der Waals surface area contributed by atoms with Gasteiger partial charge in [-0.05, 0) is 282 Å². The molecule has 34 nitrogen and oxygen atoms in total. The van der Waals surface area contributed by atoms with Crippen LogP contribution in [0.3, 0.4) is 0 Å². The maximum absolute atomic E-state index is 12.8. The number of nitrogens with zero attached hydrogens (tertiary/aromatic N) is 11. The molecule has 38 heteroatoms. The summed E-state index contributed by atoms with van der Waals surface area (Å²) in [7, 11) is -4.88. The van der Waals surface area contributed by atoms with Crippen LogP contribution in [-0.4, -0.2) is 180 Å². The zero-order valence-electron chi connectivity index (χ0n) is 69.2. The summed E-state index contributed by atoms with van der Waals surface area (Å²) in [6.45, 7) is 9.38. The standard InChI is InChI=1S/2C21H27N5O3S.2C20H27N5O4S/c1-25-10-8-16(13-25)26-11-9-19(23-26)30(28,29)24-21(27)22-20-17-6-2-4-14(17)12-15-5-3-7-18(15)20;1-22-12-16-11-19(24-26(16)15-8-9-15)30(28,29)25-21(27)23-20-17-6-2-4-13(17)10-14-5-3-7-18(14)20;1-4-25-14(12-24(2)3)11-18(22-25)30(27,28)23-20(26)21-19-15-7-5-6-13(15)10-17-16(19)8-9-29-17;1-4-25-15(12-24(2)3)11-17(22-25)30(27,28)23-20(26)21-18-16-7-5-6-13(16)10-14-8-9-29-19(14)18/h9,11-12,16H,2-8,10,13H2,1H3,(H2,22,24,27);10-11,15,22H,2-9,12H2,1H3,(H2,23,25,27);2*10-11H,4-9,12H2,1-3H3,(H2,21,23,26). The van der Waals surface area contributed by atoms with Crippen molar-refractivity contribution < 1.29 is 62.3 Å². The summed E-state index contributed by atoms with van der Waals surface area (Å²) in [6.07, 6.45) is 23.7.